The zero-order valence-electron chi connectivity index (χ0n) is 36.2. The number of rotatable bonds is 15. The van der Waals surface area contributed by atoms with Crippen LogP contribution in [0.5, 0.6) is 0 Å². The van der Waals surface area contributed by atoms with Crippen LogP contribution in [0.3, 0.4) is 0 Å². The van der Waals surface area contributed by atoms with Crippen LogP contribution in [-0.2, 0) is 30.0 Å². The summed E-state index contributed by atoms with van der Waals surface area (Å²) in [7, 11) is -0.696. The Morgan fingerprint density at radius 3 is 0.631 bits per heavy atom. The fraction of sp³-hybridized carbons (Fsp3) is 0.0333. The molecular formula is C60H52O2P2Pd. The minimum atomic E-state index is -0.348. The van der Waals surface area contributed by atoms with E-state index in [0.717, 1.165) is 22.3 Å². The van der Waals surface area contributed by atoms with E-state index in [-0.39, 0.29) is 47.8 Å². The Kier molecular flexibility index (Phi) is 22.2. The van der Waals surface area contributed by atoms with E-state index in [4.69, 9.17) is 0 Å². The molecule has 8 aromatic carbocycles. The molecule has 0 aliphatic carbocycles. The third-order valence-corrected chi connectivity index (χ3v) is 15.2. The van der Waals surface area contributed by atoms with E-state index in [2.05, 4.69) is 121 Å². The molecule has 8 rings (SSSR count). The summed E-state index contributed by atoms with van der Waals surface area (Å²) in [5.41, 5.74) is 4.11. The van der Waals surface area contributed by atoms with Gasteiger partial charge in [-0.2, -0.15) is 0 Å². The van der Waals surface area contributed by atoms with Crippen molar-refractivity contribution >= 4 is 72.9 Å². The number of carbonyl (C=O) groups excluding carboxylic acids is 2. The number of benzene rings is 8. The SMILES string of the molecule is O=C(/C=C/c1ccccc1)/C=C/c1ccccc1.O=C(/C=C/c1ccccc1)/C=C/c1ccccc1.[Pd].c1ccc(P(CCP(c2ccccc2)c2ccccc2)c2ccccc2)cc1. The van der Waals surface area contributed by atoms with Crippen LogP contribution in [0, 0.1) is 0 Å². The van der Waals surface area contributed by atoms with Gasteiger partial charge in [0, 0.05) is 20.4 Å². The average Bonchev–Trinajstić information content (AvgIpc) is 3.38. The maximum atomic E-state index is 11.6. The van der Waals surface area contributed by atoms with Crippen LogP contribution in [-0.4, -0.2) is 23.9 Å². The Morgan fingerprint density at radius 1 is 0.277 bits per heavy atom. The van der Waals surface area contributed by atoms with Crippen molar-refractivity contribution in [1.29, 1.82) is 0 Å². The van der Waals surface area contributed by atoms with Gasteiger partial charge in [0.1, 0.15) is 0 Å². The molecule has 0 radical (unpaired) electrons. The monoisotopic (exact) mass is 972 g/mol. The van der Waals surface area contributed by atoms with E-state index in [1.165, 1.54) is 33.5 Å². The quantitative estimate of drug-likeness (QED) is 0.0583. The molecule has 0 fully saturated rings. The molecule has 0 spiro atoms. The van der Waals surface area contributed by atoms with Gasteiger partial charge < -0.3 is 0 Å². The summed E-state index contributed by atoms with van der Waals surface area (Å²) < 4.78 is 0. The van der Waals surface area contributed by atoms with Crippen molar-refractivity contribution in [2.75, 3.05) is 12.3 Å². The van der Waals surface area contributed by atoms with Gasteiger partial charge in [0.05, 0.1) is 0 Å². The number of hydrogen-bond acceptors (Lipinski definition) is 2. The average molecular weight is 973 g/mol. The van der Waals surface area contributed by atoms with E-state index in [0.29, 0.717) is 0 Å². The van der Waals surface area contributed by atoms with Crippen molar-refractivity contribution in [3.8, 4) is 0 Å². The molecule has 65 heavy (non-hydrogen) atoms. The molecule has 0 amide bonds. The first-order valence-corrected chi connectivity index (χ1v) is 24.4. The molecule has 0 bridgehead atoms. The van der Waals surface area contributed by atoms with E-state index >= 15 is 0 Å². The van der Waals surface area contributed by atoms with Crippen molar-refractivity contribution < 1.29 is 30.0 Å². The van der Waals surface area contributed by atoms with Crippen molar-refractivity contribution in [3.63, 3.8) is 0 Å². The summed E-state index contributed by atoms with van der Waals surface area (Å²) in [5.74, 6) is -0.0228. The topological polar surface area (TPSA) is 34.1 Å². The number of hydrogen-bond donors (Lipinski definition) is 0. The van der Waals surface area contributed by atoms with Gasteiger partial charge in [-0.25, -0.2) is 0 Å². The molecule has 0 aliphatic heterocycles. The summed E-state index contributed by atoms with van der Waals surface area (Å²) in [6.45, 7) is 0. The van der Waals surface area contributed by atoms with Crippen LogP contribution < -0.4 is 21.2 Å². The van der Waals surface area contributed by atoms with Crippen LogP contribution in [0.1, 0.15) is 22.3 Å². The van der Waals surface area contributed by atoms with Crippen molar-refractivity contribution in [3.05, 3.63) is 289 Å². The van der Waals surface area contributed by atoms with Crippen LogP contribution in [0.4, 0.5) is 0 Å². The van der Waals surface area contributed by atoms with Gasteiger partial charge in [-0.15, -0.1) is 0 Å². The minimum absolute atomic E-state index is 0. The fourth-order valence-corrected chi connectivity index (χ4v) is 11.9. The molecule has 0 saturated heterocycles. The zero-order chi connectivity index (χ0) is 44.3. The van der Waals surface area contributed by atoms with Crippen molar-refractivity contribution in [2.24, 2.45) is 0 Å². The Hall–Kier alpha value is -6.42. The van der Waals surface area contributed by atoms with Gasteiger partial charge in [-0.3, -0.25) is 9.59 Å². The van der Waals surface area contributed by atoms with Crippen LogP contribution >= 0.6 is 15.8 Å². The summed E-state index contributed by atoms with van der Waals surface area (Å²) in [6, 6.07) is 83.3. The molecule has 0 atom stereocenters. The van der Waals surface area contributed by atoms with E-state index in [9.17, 15) is 9.59 Å². The summed E-state index contributed by atoms with van der Waals surface area (Å²) in [6.07, 6.45) is 16.0. The molecule has 0 aliphatic rings. The second-order valence-electron chi connectivity index (χ2n) is 14.4. The summed E-state index contributed by atoms with van der Waals surface area (Å²) >= 11 is 0. The molecule has 0 aromatic heterocycles. The predicted octanol–water partition coefficient (Wildman–Crippen LogP) is 13.2. The van der Waals surface area contributed by atoms with Crippen LogP contribution in [0.2, 0.25) is 0 Å². The van der Waals surface area contributed by atoms with Gasteiger partial charge >= 0.3 is 0 Å². The number of ketones is 2. The third kappa shape index (κ3) is 18.3. The standard InChI is InChI=1S/C26H24P2.2C17H14O.Pd/c1-5-13-23(14-6-1)27(24-15-7-2-8-16-24)21-22-28(25-17-9-3-10-18-25)26-19-11-4-12-20-26;2*18-17(13-11-15-7-3-1-4-8-15)14-12-16-9-5-2-6-10-16;/h1-20H,21-22H2;2*1-14H;/b;2*13-11+,14-12+;. The first-order valence-electron chi connectivity index (χ1n) is 21.4. The zero-order valence-corrected chi connectivity index (χ0v) is 39.5. The molecular weight excluding hydrogens is 921 g/mol. The van der Waals surface area contributed by atoms with Gasteiger partial charge in [0.15, 0.2) is 11.6 Å². The van der Waals surface area contributed by atoms with Crippen LogP contribution in [0.25, 0.3) is 24.3 Å². The Balaban J connectivity index is 0.000000189. The van der Waals surface area contributed by atoms with Crippen LogP contribution in [0.15, 0.2) is 267 Å². The van der Waals surface area contributed by atoms with E-state index in [1.54, 1.807) is 24.3 Å². The molecule has 8 aromatic rings. The Labute approximate surface area is 402 Å². The molecule has 0 unspecified atom stereocenters. The molecule has 2 nitrogen and oxygen atoms in total. The third-order valence-electron chi connectivity index (χ3n) is 9.78. The molecule has 0 N–H and O–H groups in total. The fourth-order valence-electron chi connectivity index (χ4n) is 6.53. The van der Waals surface area contributed by atoms with Gasteiger partial charge in [-0.1, -0.05) is 267 Å². The predicted molar refractivity (Wildman–Crippen MR) is 280 cm³/mol. The van der Waals surface area contributed by atoms with E-state index in [1.807, 2.05) is 146 Å². The minimum Gasteiger partial charge on any atom is -0.290 e. The maximum Gasteiger partial charge on any atom is 0.178 e. The van der Waals surface area contributed by atoms with Gasteiger partial charge in [0.2, 0.25) is 0 Å². The summed E-state index contributed by atoms with van der Waals surface area (Å²) in [5, 5.41) is 5.89. The molecule has 5 heteroatoms. The van der Waals surface area contributed by atoms with E-state index < -0.39 is 0 Å². The smallest absolute Gasteiger partial charge is 0.178 e. The molecule has 324 valence electrons. The van der Waals surface area contributed by atoms with Crippen molar-refractivity contribution in [1.82, 2.24) is 0 Å². The first-order chi connectivity index (χ1) is 31.6. The normalized spacial score (nSPS) is 10.9. The number of allylic oxidation sites excluding steroid dienone is 4. The van der Waals surface area contributed by atoms with Gasteiger partial charge in [0.25, 0.3) is 0 Å². The van der Waals surface area contributed by atoms with Gasteiger partial charge in [-0.05, 0) is 95.9 Å². The molecule has 0 saturated carbocycles. The Morgan fingerprint density at radius 2 is 0.446 bits per heavy atom. The summed E-state index contributed by atoms with van der Waals surface area (Å²) in [4.78, 5) is 23.2. The maximum absolute atomic E-state index is 11.6. The second kappa shape index (κ2) is 29.1. The second-order valence-corrected chi connectivity index (χ2v) is 19.1. The first kappa shape index (κ1) is 49.6. The molecule has 0 heterocycles. The Bertz CT molecular complexity index is 2280. The largest absolute Gasteiger partial charge is 0.290 e. The number of carbonyl (C=O) groups is 2. The van der Waals surface area contributed by atoms with Crippen molar-refractivity contribution in [2.45, 2.75) is 0 Å².